The predicted octanol–water partition coefficient (Wildman–Crippen LogP) is 13.7. The average molecular weight is 752 g/mol. The maximum absolute atomic E-state index is 5.19. The van der Waals surface area contributed by atoms with Crippen LogP contribution in [0.2, 0.25) is 0 Å². The molecule has 0 saturated carbocycles. The number of aromatic nitrogens is 3. The third-order valence-electron chi connectivity index (χ3n) is 11.8. The SMILES string of the molecule is c1ccc(-c2nc(-c3ccccc3)nc(-c3c(-c4ccc(-c5ccc6c(c5)C(c5ccccc5)(c5ccccc5)c5ccccc5-6)cc4)ccc4ccccc34)n2)cc1. The first-order valence-corrected chi connectivity index (χ1v) is 20.1. The number of hydrogen-bond donors (Lipinski definition) is 0. The largest absolute Gasteiger partial charge is 0.208 e. The first kappa shape index (κ1) is 34.5. The molecule has 0 aliphatic heterocycles. The molecular formula is C56H37N3. The second-order valence-electron chi connectivity index (χ2n) is 15.1. The third-order valence-corrected chi connectivity index (χ3v) is 11.8. The van der Waals surface area contributed by atoms with Crippen LogP contribution >= 0.6 is 0 Å². The minimum atomic E-state index is -0.452. The van der Waals surface area contributed by atoms with E-state index >= 15 is 0 Å². The van der Waals surface area contributed by atoms with Crippen LogP contribution in [0.3, 0.4) is 0 Å². The summed E-state index contributed by atoms with van der Waals surface area (Å²) in [6, 6.07) is 80.1. The minimum absolute atomic E-state index is 0.452. The summed E-state index contributed by atoms with van der Waals surface area (Å²) in [5.74, 6) is 1.93. The molecule has 1 aromatic heterocycles. The van der Waals surface area contributed by atoms with Crippen LogP contribution < -0.4 is 0 Å². The van der Waals surface area contributed by atoms with Gasteiger partial charge in [0.1, 0.15) is 0 Å². The Bertz CT molecular complexity index is 3030. The second-order valence-corrected chi connectivity index (χ2v) is 15.1. The average Bonchev–Trinajstić information content (AvgIpc) is 3.62. The van der Waals surface area contributed by atoms with Gasteiger partial charge in [0.2, 0.25) is 0 Å². The summed E-state index contributed by atoms with van der Waals surface area (Å²) in [7, 11) is 0. The molecule has 0 radical (unpaired) electrons. The molecule has 1 aliphatic carbocycles. The van der Waals surface area contributed by atoms with Crippen molar-refractivity contribution >= 4 is 10.8 Å². The van der Waals surface area contributed by atoms with E-state index in [1.165, 1.54) is 38.9 Å². The first-order chi connectivity index (χ1) is 29.3. The molecule has 0 bridgehead atoms. The minimum Gasteiger partial charge on any atom is -0.208 e. The fraction of sp³-hybridized carbons (Fsp3) is 0.0179. The summed E-state index contributed by atoms with van der Waals surface area (Å²) >= 11 is 0. The van der Waals surface area contributed by atoms with Crippen molar-refractivity contribution in [2.45, 2.75) is 5.41 Å². The van der Waals surface area contributed by atoms with Gasteiger partial charge in [-0.15, -0.1) is 0 Å². The van der Waals surface area contributed by atoms with Gasteiger partial charge >= 0.3 is 0 Å². The molecule has 10 aromatic rings. The van der Waals surface area contributed by atoms with Crippen molar-refractivity contribution in [2.75, 3.05) is 0 Å². The highest BCUT2D eigenvalue weighted by atomic mass is 15.0. The van der Waals surface area contributed by atoms with E-state index in [2.05, 4.69) is 188 Å². The number of benzene rings is 9. The van der Waals surface area contributed by atoms with E-state index in [4.69, 9.17) is 15.0 Å². The number of fused-ring (bicyclic) bond motifs is 4. The van der Waals surface area contributed by atoms with Crippen molar-refractivity contribution in [3.05, 3.63) is 247 Å². The number of nitrogens with zero attached hydrogens (tertiary/aromatic N) is 3. The second kappa shape index (κ2) is 14.3. The highest BCUT2D eigenvalue weighted by molar-refractivity contribution is 6.03. The normalized spacial score (nSPS) is 12.5. The zero-order chi connectivity index (χ0) is 39.2. The molecular weight excluding hydrogens is 715 g/mol. The molecule has 3 heteroatoms. The van der Waals surface area contributed by atoms with E-state index in [1.807, 2.05) is 36.4 Å². The van der Waals surface area contributed by atoms with Crippen molar-refractivity contribution in [2.24, 2.45) is 0 Å². The zero-order valence-electron chi connectivity index (χ0n) is 32.2. The lowest BCUT2D eigenvalue weighted by Crippen LogP contribution is -2.28. The molecule has 0 amide bonds. The van der Waals surface area contributed by atoms with E-state index < -0.39 is 5.41 Å². The molecule has 1 aliphatic rings. The summed E-state index contributed by atoms with van der Waals surface area (Å²) in [5.41, 5.74) is 14.6. The Morgan fingerprint density at radius 1 is 0.288 bits per heavy atom. The van der Waals surface area contributed by atoms with Crippen LogP contribution in [0.4, 0.5) is 0 Å². The van der Waals surface area contributed by atoms with Gasteiger partial charge < -0.3 is 0 Å². The van der Waals surface area contributed by atoms with E-state index in [-0.39, 0.29) is 0 Å². The highest BCUT2D eigenvalue weighted by Crippen LogP contribution is 2.56. The highest BCUT2D eigenvalue weighted by Gasteiger charge is 2.46. The lowest BCUT2D eigenvalue weighted by atomic mass is 9.67. The molecule has 0 saturated heterocycles. The van der Waals surface area contributed by atoms with Gasteiger partial charge in [-0.1, -0.05) is 218 Å². The summed E-state index contributed by atoms with van der Waals surface area (Å²) in [6.45, 7) is 0. The molecule has 0 atom stereocenters. The van der Waals surface area contributed by atoms with Crippen LogP contribution in [-0.2, 0) is 5.41 Å². The lowest BCUT2D eigenvalue weighted by molar-refractivity contribution is 0.769. The molecule has 0 N–H and O–H groups in total. The number of rotatable bonds is 7. The topological polar surface area (TPSA) is 38.7 Å². The van der Waals surface area contributed by atoms with Gasteiger partial charge in [0.25, 0.3) is 0 Å². The van der Waals surface area contributed by atoms with Gasteiger partial charge in [0, 0.05) is 16.7 Å². The van der Waals surface area contributed by atoms with Gasteiger partial charge in [-0.2, -0.15) is 0 Å². The molecule has 0 spiro atoms. The van der Waals surface area contributed by atoms with E-state index in [0.29, 0.717) is 17.5 Å². The molecule has 1 heterocycles. The summed E-state index contributed by atoms with van der Waals surface area (Å²) < 4.78 is 0. The van der Waals surface area contributed by atoms with E-state index in [1.54, 1.807) is 0 Å². The Morgan fingerprint density at radius 2 is 0.763 bits per heavy atom. The lowest BCUT2D eigenvalue weighted by Gasteiger charge is -2.34. The third kappa shape index (κ3) is 5.78. The molecule has 0 unspecified atom stereocenters. The molecule has 9 aromatic carbocycles. The van der Waals surface area contributed by atoms with Crippen LogP contribution in [0.1, 0.15) is 22.3 Å². The first-order valence-electron chi connectivity index (χ1n) is 20.1. The van der Waals surface area contributed by atoms with Crippen molar-refractivity contribution in [3.8, 4) is 67.5 Å². The summed E-state index contributed by atoms with van der Waals surface area (Å²) in [6.07, 6.45) is 0. The smallest absolute Gasteiger partial charge is 0.165 e. The van der Waals surface area contributed by atoms with Crippen molar-refractivity contribution in [1.82, 2.24) is 15.0 Å². The number of hydrogen-bond acceptors (Lipinski definition) is 3. The van der Waals surface area contributed by atoms with Gasteiger partial charge in [0.05, 0.1) is 5.41 Å². The van der Waals surface area contributed by atoms with Crippen LogP contribution in [0.25, 0.3) is 78.3 Å². The Balaban J connectivity index is 1.06. The quantitative estimate of drug-likeness (QED) is 0.163. The van der Waals surface area contributed by atoms with Crippen molar-refractivity contribution in [1.29, 1.82) is 0 Å². The Hall–Kier alpha value is -7.75. The van der Waals surface area contributed by atoms with E-state index in [0.717, 1.165) is 44.2 Å². The van der Waals surface area contributed by atoms with Gasteiger partial charge in [-0.05, 0) is 72.5 Å². The molecule has 3 nitrogen and oxygen atoms in total. The van der Waals surface area contributed by atoms with Crippen LogP contribution in [0, 0.1) is 0 Å². The molecule has 276 valence electrons. The fourth-order valence-electron chi connectivity index (χ4n) is 9.14. The molecule has 11 rings (SSSR count). The van der Waals surface area contributed by atoms with Gasteiger partial charge in [-0.25, -0.2) is 15.0 Å². The monoisotopic (exact) mass is 751 g/mol. The zero-order valence-corrected chi connectivity index (χ0v) is 32.2. The van der Waals surface area contributed by atoms with Gasteiger partial charge in [-0.3, -0.25) is 0 Å². The Labute approximate surface area is 344 Å². The van der Waals surface area contributed by atoms with Crippen LogP contribution in [-0.4, -0.2) is 15.0 Å². The van der Waals surface area contributed by atoms with E-state index in [9.17, 15) is 0 Å². The predicted molar refractivity (Wildman–Crippen MR) is 242 cm³/mol. The van der Waals surface area contributed by atoms with Crippen LogP contribution in [0.15, 0.2) is 224 Å². The molecule has 59 heavy (non-hydrogen) atoms. The maximum atomic E-state index is 5.19. The summed E-state index contributed by atoms with van der Waals surface area (Å²) in [4.78, 5) is 15.4. The van der Waals surface area contributed by atoms with Crippen molar-refractivity contribution in [3.63, 3.8) is 0 Å². The van der Waals surface area contributed by atoms with Crippen LogP contribution in [0.5, 0.6) is 0 Å². The summed E-state index contributed by atoms with van der Waals surface area (Å²) in [5, 5.41) is 2.22. The Morgan fingerprint density at radius 3 is 1.41 bits per heavy atom. The maximum Gasteiger partial charge on any atom is 0.165 e. The van der Waals surface area contributed by atoms with Gasteiger partial charge in [0.15, 0.2) is 17.5 Å². The van der Waals surface area contributed by atoms with Crippen molar-refractivity contribution < 1.29 is 0 Å². The fourth-order valence-corrected chi connectivity index (χ4v) is 9.14. The Kier molecular flexibility index (Phi) is 8.37. The molecule has 0 fully saturated rings. The standard InChI is InChI=1S/C56H37N3/c1-5-18-41(19-6-1)53-57-54(42-20-7-2-8-21-42)59-55(58-53)52-46-26-14-13-17-39(46)33-35-47(52)40-31-29-38(30-32-40)43-34-36-49-48-27-15-16-28-50(48)56(51(49)37-43,44-22-9-3-10-23-44)45-24-11-4-12-25-45/h1-37H.